The van der Waals surface area contributed by atoms with Crippen molar-refractivity contribution >= 4 is 0 Å². The van der Waals surface area contributed by atoms with Crippen LogP contribution in [-0.2, 0) is 0 Å². The Morgan fingerprint density at radius 1 is 1.29 bits per heavy atom. The molecule has 0 aromatic heterocycles. The molecule has 1 atom stereocenters. The maximum atomic E-state index is 3.53. The van der Waals surface area contributed by atoms with E-state index in [1.807, 2.05) is 0 Å². The van der Waals surface area contributed by atoms with Crippen LogP contribution in [0.3, 0.4) is 0 Å². The molecule has 2 heteroatoms. The summed E-state index contributed by atoms with van der Waals surface area (Å²) >= 11 is 0. The van der Waals surface area contributed by atoms with Gasteiger partial charge in [0, 0.05) is 25.7 Å². The molecule has 1 saturated carbocycles. The summed E-state index contributed by atoms with van der Waals surface area (Å²) in [6.45, 7) is 16.4. The second-order valence-corrected chi connectivity index (χ2v) is 6.41. The lowest BCUT2D eigenvalue weighted by molar-refractivity contribution is 0.122. The van der Waals surface area contributed by atoms with E-state index in [0.717, 1.165) is 19.0 Å². The van der Waals surface area contributed by atoms with Crippen molar-refractivity contribution in [1.29, 1.82) is 0 Å². The first kappa shape index (κ1) is 15.0. The first-order valence-corrected chi connectivity index (χ1v) is 7.45. The van der Waals surface area contributed by atoms with E-state index < -0.39 is 0 Å². The van der Waals surface area contributed by atoms with Gasteiger partial charge in [0.15, 0.2) is 0 Å². The zero-order chi connectivity index (χ0) is 12.9. The highest BCUT2D eigenvalue weighted by atomic mass is 15.2. The Kier molecular flexibility index (Phi) is 5.94. The summed E-state index contributed by atoms with van der Waals surface area (Å²) in [5.41, 5.74) is 0.426. The summed E-state index contributed by atoms with van der Waals surface area (Å²) in [6.07, 6.45) is 4.17. The van der Waals surface area contributed by atoms with Crippen LogP contribution in [0.2, 0.25) is 0 Å². The summed E-state index contributed by atoms with van der Waals surface area (Å²) in [7, 11) is 0. The molecule has 0 aromatic rings. The predicted octanol–water partition coefficient (Wildman–Crippen LogP) is 3.13. The van der Waals surface area contributed by atoms with Crippen LogP contribution in [0.25, 0.3) is 0 Å². The van der Waals surface area contributed by atoms with E-state index >= 15 is 0 Å². The average molecular weight is 240 g/mol. The van der Waals surface area contributed by atoms with E-state index in [4.69, 9.17) is 0 Å². The smallest absolute Gasteiger partial charge is 0.00502 e. The van der Waals surface area contributed by atoms with E-state index in [1.54, 1.807) is 0 Å². The zero-order valence-corrected chi connectivity index (χ0v) is 12.6. The molecule has 1 N–H and O–H groups in total. The molecule has 0 amide bonds. The SMILES string of the molecule is CCNCC(C)(CC)CN(CC1CC1)C(C)C. The molecule has 1 unspecified atom stereocenters. The van der Waals surface area contributed by atoms with E-state index in [2.05, 4.69) is 44.8 Å². The topological polar surface area (TPSA) is 15.3 Å². The van der Waals surface area contributed by atoms with Gasteiger partial charge in [-0.25, -0.2) is 0 Å². The Balaban J connectivity index is 2.48. The molecule has 1 aliphatic carbocycles. The van der Waals surface area contributed by atoms with Gasteiger partial charge in [0.2, 0.25) is 0 Å². The van der Waals surface area contributed by atoms with Crippen LogP contribution in [0, 0.1) is 11.3 Å². The number of nitrogens with zero attached hydrogens (tertiary/aromatic N) is 1. The average Bonchev–Trinajstić information content (AvgIpc) is 3.09. The molecule has 1 aliphatic rings. The lowest BCUT2D eigenvalue weighted by Crippen LogP contribution is -2.45. The molecule has 0 bridgehead atoms. The minimum Gasteiger partial charge on any atom is -0.316 e. The number of hydrogen-bond acceptors (Lipinski definition) is 2. The van der Waals surface area contributed by atoms with Crippen LogP contribution in [0.1, 0.15) is 53.9 Å². The molecule has 0 radical (unpaired) electrons. The van der Waals surface area contributed by atoms with Crippen LogP contribution in [0.15, 0.2) is 0 Å². The van der Waals surface area contributed by atoms with Crippen molar-refractivity contribution in [3.63, 3.8) is 0 Å². The van der Waals surface area contributed by atoms with Crippen molar-refractivity contribution in [3.05, 3.63) is 0 Å². The Morgan fingerprint density at radius 2 is 1.94 bits per heavy atom. The summed E-state index contributed by atoms with van der Waals surface area (Å²) in [5.74, 6) is 0.998. The fraction of sp³-hybridized carbons (Fsp3) is 1.00. The molecule has 0 spiro atoms. The van der Waals surface area contributed by atoms with Gasteiger partial charge in [-0.15, -0.1) is 0 Å². The largest absolute Gasteiger partial charge is 0.316 e. The van der Waals surface area contributed by atoms with E-state index in [0.29, 0.717) is 11.5 Å². The Morgan fingerprint density at radius 3 is 2.35 bits per heavy atom. The summed E-state index contributed by atoms with van der Waals surface area (Å²) < 4.78 is 0. The van der Waals surface area contributed by atoms with Crippen LogP contribution in [0.4, 0.5) is 0 Å². The third kappa shape index (κ3) is 5.39. The van der Waals surface area contributed by atoms with Gasteiger partial charge in [-0.1, -0.05) is 20.8 Å². The molecule has 0 saturated heterocycles. The van der Waals surface area contributed by atoms with Crippen LogP contribution in [-0.4, -0.2) is 37.1 Å². The highest BCUT2D eigenvalue weighted by Crippen LogP contribution is 2.32. The molecule has 1 rings (SSSR count). The third-order valence-corrected chi connectivity index (χ3v) is 4.16. The van der Waals surface area contributed by atoms with Crippen molar-refractivity contribution in [2.45, 2.75) is 59.9 Å². The third-order valence-electron chi connectivity index (χ3n) is 4.16. The zero-order valence-electron chi connectivity index (χ0n) is 12.6. The summed E-state index contributed by atoms with van der Waals surface area (Å²) in [5, 5.41) is 3.53. The van der Waals surface area contributed by atoms with Crippen LogP contribution < -0.4 is 5.32 Å². The Hall–Kier alpha value is -0.0800. The normalized spacial score (nSPS) is 19.9. The first-order valence-electron chi connectivity index (χ1n) is 7.45. The molecule has 102 valence electrons. The van der Waals surface area contributed by atoms with E-state index in [9.17, 15) is 0 Å². The van der Waals surface area contributed by atoms with Crippen molar-refractivity contribution in [3.8, 4) is 0 Å². The fourth-order valence-electron chi connectivity index (χ4n) is 2.30. The first-order chi connectivity index (χ1) is 8.00. The van der Waals surface area contributed by atoms with Gasteiger partial charge >= 0.3 is 0 Å². The Labute approximate surface area is 108 Å². The molecule has 0 aliphatic heterocycles. The number of rotatable bonds is 9. The van der Waals surface area contributed by atoms with Gasteiger partial charge in [-0.3, -0.25) is 0 Å². The standard InChI is InChI=1S/C15H32N2/c1-6-15(5,11-16-7-2)12-17(13(3)4)10-14-8-9-14/h13-14,16H,6-12H2,1-5H3. The highest BCUT2D eigenvalue weighted by molar-refractivity contribution is 4.84. The van der Waals surface area contributed by atoms with Crippen LogP contribution in [0.5, 0.6) is 0 Å². The molecule has 17 heavy (non-hydrogen) atoms. The lowest BCUT2D eigenvalue weighted by atomic mass is 9.86. The lowest BCUT2D eigenvalue weighted by Gasteiger charge is -2.37. The monoisotopic (exact) mass is 240 g/mol. The predicted molar refractivity (Wildman–Crippen MR) is 76.4 cm³/mol. The minimum atomic E-state index is 0.426. The molecule has 2 nitrogen and oxygen atoms in total. The molecular weight excluding hydrogens is 208 g/mol. The second-order valence-electron chi connectivity index (χ2n) is 6.41. The quantitative estimate of drug-likeness (QED) is 0.666. The molecular formula is C15H32N2. The highest BCUT2D eigenvalue weighted by Gasteiger charge is 2.30. The maximum Gasteiger partial charge on any atom is 0.00502 e. The van der Waals surface area contributed by atoms with E-state index in [-0.39, 0.29) is 0 Å². The van der Waals surface area contributed by atoms with Crippen molar-refractivity contribution in [1.82, 2.24) is 10.2 Å². The Bertz CT molecular complexity index is 211. The molecule has 1 fully saturated rings. The van der Waals surface area contributed by atoms with Gasteiger partial charge < -0.3 is 10.2 Å². The van der Waals surface area contributed by atoms with Gasteiger partial charge in [-0.05, 0) is 51.0 Å². The maximum absolute atomic E-state index is 3.53. The van der Waals surface area contributed by atoms with Crippen molar-refractivity contribution < 1.29 is 0 Å². The summed E-state index contributed by atoms with van der Waals surface area (Å²) in [6, 6.07) is 0.683. The van der Waals surface area contributed by atoms with Crippen LogP contribution >= 0.6 is 0 Å². The van der Waals surface area contributed by atoms with Gasteiger partial charge in [-0.2, -0.15) is 0 Å². The molecule has 0 heterocycles. The summed E-state index contributed by atoms with van der Waals surface area (Å²) in [4.78, 5) is 2.69. The fourth-order valence-corrected chi connectivity index (χ4v) is 2.30. The number of nitrogens with one attached hydrogen (secondary N) is 1. The van der Waals surface area contributed by atoms with Gasteiger partial charge in [0.1, 0.15) is 0 Å². The van der Waals surface area contributed by atoms with Gasteiger partial charge in [0.25, 0.3) is 0 Å². The minimum absolute atomic E-state index is 0.426. The van der Waals surface area contributed by atoms with E-state index in [1.165, 1.54) is 32.4 Å². The second kappa shape index (κ2) is 6.75. The molecule has 0 aromatic carbocycles. The number of hydrogen-bond donors (Lipinski definition) is 1. The van der Waals surface area contributed by atoms with Crippen molar-refractivity contribution in [2.75, 3.05) is 26.2 Å². The van der Waals surface area contributed by atoms with Crippen molar-refractivity contribution in [2.24, 2.45) is 11.3 Å². The van der Waals surface area contributed by atoms with Gasteiger partial charge in [0.05, 0.1) is 0 Å².